The van der Waals surface area contributed by atoms with Gasteiger partial charge in [-0.3, -0.25) is 9.69 Å². The number of benzene rings is 2. The minimum absolute atomic E-state index is 0.0685. The predicted octanol–water partition coefficient (Wildman–Crippen LogP) is 4.35. The highest BCUT2D eigenvalue weighted by atomic mass is 35.5. The van der Waals surface area contributed by atoms with Crippen molar-refractivity contribution in [3.05, 3.63) is 70.0 Å². The minimum Gasteiger partial charge on any atom is -0.350 e. The zero-order valence-corrected chi connectivity index (χ0v) is 15.0. The van der Waals surface area contributed by atoms with Crippen LogP contribution >= 0.6 is 11.6 Å². The first kappa shape index (κ1) is 17.9. The largest absolute Gasteiger partial charge is 0.350 e. The van der Waals surface area contributed by atoms with E-state index in [1.807, 2.05) is 31.2 Å². The van der Waals surface area contributed by atoms with Gasteiger partial charge in [0.25, 0.3) is 5.91 Å². The Kier molecular flexibility index (Phi) is 5.71. The standard InChI is InChI=1S/C20H22ClFN2O/c1-14-7-8-17(22)12-18(14)20(25)23-13-19(24-9-2-3-10-24)15-5-4-6-16(21)11-15/h4-8,11-12,19H,2-3,9-10,13H2,1H3,(H,23,25). The Hall–Kier alpha value is -1.91. The van der Waals surface area contributed by atoms with Gasteiger partial charge in [-0.25, -0.2) is 4.39 Å². The molecular weight excluding hydrogens is 339 g/mol. The molecule has 1 N–H and O–H groups in total. The number of carbonyl (C=O) groups excluding carboxylic acids is 1. The van der Waals surface area contributed by atoms with E-state index >= 15 is 0 Å². The number of likely N-dealkylation sites (tertiary alicyclic amines) is 1. The second-order valence-corrected chi connectivity index (χ2v) is 6.92. The summed E-state index contributed by atoms with van der Waals surface area (Å²) in [6.45, 7) is 4.29. The van der Waals surface area contributed by atoms with Crippen molar-refractivity contribution in [3.8, 4) is 0 Å². The number of hydrogen-bond donors (Lipinski definition) is 1. The third-order valence-electron chi connectivity index (χ3n) is 4.72. The Morgan fingerprint density at radius 3 is 2.72 bits per heavy atom. The molecule has 2 aromatic carbocycles. The number of nitrogens with zero attached hydrogens (tertiary/aromatic N) is 1. The summed E-state index contributed by atoms with van der Waals surface area (Å²) in [5, 5.41) is 3.66. The lowest BCUT2D eigenvalue weighted by Crippen LogP contribution is -2.37. The van der Waals surface area contributed by atoms with Crippen LogP contribution in [0.5, 0.6) is 0 Å². The predicted molar refractivity (Wildman–Crippen MR) is 98.5 cm³/mol. The molecule has 1 saturated heterocycles. The van der Waals surface area contributed by atoms with Crippen molar-refractivity contribution in [2.75, 3.05) is 19.6 Å². The number of aryl methyl sites for hydroxylation is 1. The fourth-order valence-electron chi connectivity index (χ4n) is 3.35. The van der Waals surface area contributed by atoms with Gasteiger partial charge in [0.05, 0.1) is 6.04 Å². The summed E-state index contributed by atoms with van der Waals surface area (Å²) in [7, 11) is 0. The first-order valence-electron chi connectivity index (χ1n) is 8.58. The fourth-order valence-corrected chi connectivity index (χ4v) is 3.55. The molecule has 5 heteroatoms. The van der Waals surface area contributed by atoms with Crippen LogP contribution in [0, 0.1) is 12.7 Å². The van der Waals surface area contributed by atoms with Crippen molar-refractivity contribution in [2.24, 2.45) is 0 Å². The van der Waals surface area contributed by atoms with E-state index in [0.29, 0.717) is 17.1 Å². The molecule has 0 bridgehead atoms. The fraction of sp³-hybridized carbons (Fsp3) is 0.350. The van der Waals surface area contributed by atoms with Gasteiger partial charge in [0.2, 0.25) is 0 Å². The van der Waals surface area contributed by atoms with E-state index in [0.717, 1.165) is 37.1 Å². The third-order valence-corrected chi connectivity index (χ3v) is 4.95. The van der Waals surface area contributed by atoms with Gasteiger partial charge in [0, 0.05) is 17.1 Å². The lowest BCUT2D eigenvalue weighted by atomic mass is 10.0. The average Bonchev–Trinajstić information content (AvgIpc) is 3.11. The molecule has 1 fully saturated rings. The van der Waals surface area contributed by atoms with Crippen LogP contribution in [-0.2, 0) is 0 Å². The molecular formula is C20H22ClFN2O. The van der Waals surface area contributed by atoms with E-state index in [1.165, 1.54) is 12.1 Å². The molecule has 0 spiro atoms. The molecule has 1 aliphatic heterocycles. The Balaban J connectivity index is 1.76. The van der Waals surface area contributed by atoms with Crippen molar-refractivity contribution < 1.29 is 9.18 Å². The van der Waals surface area contributed by atoms with Crippen LogP contribution in [0.3, 0.4) is 0 Å². The quantitative estimate of drug-likeness (QED) is 0.859. The molecule has 0 radical (unpaired) electrons. The van der Waals surface area contributed by atoms with Crippen LogP contribution in [-0.4, -0.2) is 30.4 Å². The highest BCUT2D eigenvalue weighted by Crippen LogP contribution is 2.26. The molecule has 2 aromatic rings. The maximum atomic E-state index is 13.5. The summed E-state index contributed by atoms with van der Waals surface area (Å²) in [5.74, 6) is -0.648. The van der Waals surface area contributed by atoms with Crippen LogP contribution in [0.25, 0.3) is 0 Å². The second-order valence-electron chi connectivity index (χ2n) is 6.48. The average molecular weight is 361 g/mol. The number of halogens is 2. The highest BCUT2D eigenvalue weighted by Gasteiger charge is 2.24. The van der Waals surface area contributed by atoms with Crippen molar-refractivity contribution in [3.63, 3.8) is 0 Å². The van der Waals surface area contributed by atoms with E-state index in [-0.39, 0.29) is 11.9 Å². The molecule has 0 aromatic heterocycles. The molecule has 1 aliphatic rings. The first-order chi connectivity index (χ1) is 12.0. The summed E-state index contributed by atoms with van der Waals surface area (Å²) in [6, 6.07) is 12.1. The number of hydrogen-bond acceptors (Lipinski definition) is 2. The van der Waals surface area contributed by atoms with E-state index in [9.17, 15) is 9.18 Å². The lowest BCUT2D eigenvalue weighted by molar-refractivity contribution is 0.0937. The smallest absolute Gasteiger partial charge is 0.251 e. The number of rotatable bonds is 5. The van der Waals surface area contributed by atoms with Crippen molar-refractivity contribution in [1.82, 2.24) is 10.2 Å². The number of carbonyl (C=O) groups is 1. The molecule has 132 valence electrons. The Morgan fingerprint density at radius 2 is 2.00 bits per heavy atom. The maximum Gasteiger partial charge on any atom is 0.251 e. The van der Waals surface area contributed by atoms with Crippen LogP contribution in [0.1, 0.15) is 40.4 Å². The van der Waals surface area contributed by atoms with Crippen molar-refractivity contribution in [1.29, 1.82) is 0 Å². The van der Waals surface area contributed by atoms with Crippen LogP contribution in [0.4, 0.5) is 4.39 Å². The van der Waals surface area contributed by atoms with Crippen LogP contribution < -0.4 is 5.32 Å². The number of amides is 1. The molecule has 25 heavy (non-hydrogen) atoms. The zero-order valence-electron chi connectivity index (χ0n) is 14.3. The van der Waals surface area contributed by atoms with Gasteiger partial charge in [0.1, 0.15) is 5.82 Å². The van der Waals surface area contributed by atoms with Gasteiger partial charge in [0.15, 0.2) is 0 Å². The summed E-state index contributed by atoms with van der Waals surface area (Å²) in [5.41, 5.74) is 2.23. The Bertz CT molecular complexity index is 759. The SMILES string of the molecule is Cc1ccc(F)cc1C(=O)NCC(c1cccc(Cl)c1)N1CCCC1. The third kappa shape index (κ3) is 4.39. The van der Waals surface area contributed by atoms with E-state index in [4.69, 9.17) is 11.6 Å². The molecule has 1 heterocycles. The Morgan fingerprint density at radius 1 is 1.24 bits per heavy atom. The van der Waals surface area contributed by atoms with Crippen molar-refractivity contribution in [2.45, 2.75) is 25.8 Å². The first-order valence-corrected chi connectivity index (χ1v) is 8.96. The molecule has 3 nitrogen and oxygen atoms in total. The zero-order chi connectivity index (χ0) is 17.8. The van der Waals surface area contributed by atoms with Gasteiger partial charge in [-0.2, -0.15) is 0 Å². The van der Waals surface area contributed by atoms with Crippen molar-refractivity contribution >= 4 is 17.5 Å². The van der Waals surface area contributed by atoms with Gasteiger partial charge < -0.3 is 5.32 Å². The minimum atomic E-state index is -0.401. The monoisotopic (exact) mass is 360 g/mol. The normalized spacial score (nSPS) is 16.0. The molecule has 0 saturated carbocycles. The summed E-state index contributed by atoms with van der Waals surface area (Å²) < 4.78 is 13.5. The molecule has 3 rings (SSSR count). The van der Waals surface area contributed by atoms with E-state index in [2.05, 4.69) is 10.2 Å². The highest BCUT2D eigenvalue weighted by molar-refractivity contribution is 6.30. The molecule has 1 unspecified atom stereocenters. The molecule has 1 atom stereocenters. The molecule has 1 amide bonds. The number of nitrogens with one attached hydrogen (secondary N) is 1. The van der Waals surface area contributed by atoms with E-state index < -0.39 is 5.82 Å². The summed E-state index contributed by atoms with van der Waals surface area (Å²) >= 11 is 6.14. The van der Waals surface area contributed by atoms with Crippen LogP contribution in [0.2, 0.25) is 5.02 Å². The maximum absolute atomic E-state index is 13.5. The summed E-state index contributed by atoms with van der Waals surface area (Å²) in [6.07, 6.45) is 2.32. The molecule has 0 aliphatic carbocycles. The Labute approximate surface area is 152 Å². The van der Waals surface area contributed by atoms with Gasteiger partial charge in [-0.05, 0) is 68.2 Å². The van der Waals surface area contributed by atoms with Crippen LogP contribution in [0.15, 0.2) is 42.5 Å². The topological polar surface area (TPSA) is 32.3 Å². The second kappa shape index (κ2) is 7.98. The lowest BCUT2D eigenvalue weighted by Gasteiger charge is -2.28. The van der Waals surface area contributed by atoms with Gasteiger partial charge >= 0.3 is 0 Å². The van der Waals surface area contributed by atoms with E-state index in [1.54, 1.807) is 6.07 Å². The van der Waals surface area contributed by atoms with Gasteiger partial charge in [-0.1, -0.05) is 29.8 Å². The van der Waals surface area contributed by atoms with Gasteiger partial charge in [-0.15, -0.1) is 0 Å². The summed E-state index contributed by atoms with van der Waals surface area (Å²) in [4.78, 5) is 14.9.